The monoisotopic (exact) mass is 396 g/mol. The zero-order valence-corrected chi connectivity index (χ0v) is 16.6. The van der Waals surface area contributed by atoms with Crippen molar-refractivity contribution in [2.45, 2.75) is 26.0 Å². The van der Waals surface area contributed by atoms with Gasteiger partial charge in [-0.05, 0) is 55.3 Å². The van der Waals surface area contributed by atoms with Gasteiger partial charge in [0.2, 0.25) is 17.7 Å². The number of nitrogens with one attached hydrogen (secondary N) is 2. The molecule has 2 amide bonds. The fraction of sp³-hybridized carbons (Fsp3) is 0.200. The number of hydrogen-bond donors (Lipinski definition) is 2. The number of nitrogens with zero attached hydrogens (tertiary/aromatic N) is 2. The molecule has 0 radical (unpaired) electrons. The van der Waals surface area contributed by atoms with E-state index in [0.29, 0.717) is 22.5 Å². The van der Waals surface area contributed by atoms with Crippen molar-refractivity contribution >= 4 is 35.0 Å². The SMILES string of the molecule is CC(=O)Nc1cccc(NC(=O)CSc2nnc(-c3ccc(C)c(C)c3)o2)c1. The molecule has 3 rings (SSSR count). The van der Waals surface area contributed by atoms with Crippen LogP contribution in [0, 0.1) is 13.8 Å². The Kier molecular flexibility index (Phi) is 6.10. The third-order valence-electron chi connectivity index (χ3n) is 3.95. The number of thioether (sulfide) groups is 1. The van der Waals surface area contributed by atoms with Crippen molar-refractivity contribution < 1.29 is 14.0 Å². The lowest BCUT2D eigenvalue weighted by atomic mass is 10.1. The maximum absolute atomic E-state index is 12.2. The molecule has 2 aromatic carbocycles. The number of hydrogen-bond acceptors (Lipinski definition) is 6. The highest BCUT2D eigenvalue weighted by atomic mass is 32.2. The van der Waals surface area contributed by atoms with Gasteiger partial charge in [-0.3, -0.25) is 9.59 Å². The Hall–Kier alpha value is -3.13. The smallest absolute Gasteiger partial charge is 0.277 e. The minimum Gasteiger partial charge on any atom is -0.411 e. The van der Waals surface area contributed by atoms with Crippen LogP contribution in [-0.4, -0.2) is 27.8 Å². The molecule has 0 spiro atoms. The number of carbonyl (C=O) groups is 2. The summed E-state index contributed by atoms with van der Waals surface area (Å²) in [4.78, 5) is 23.3. The molecular weight excluding hydrogens is 376 g/mol. The van der Waals surface area contributed by atoms with E-state index < -0.39 is 0 Å². The Balaban J connectivity index is 1.57. The molecular formula is C20H20N4O3S. The third-order valence-corrected chi connectivity index (χ3v) is 4.77. The molecule has 144 valence electrons. The van der Waals surface area contributed by atoms with Crippen LogP contribution in [0.25, 0.3) is 11.5 Å². The third kappa shape index (κ3) is 5.20. The highest BCUT2D eigenvalue weighted by Crippen LogP contribution is 2.25. The highest BCUT2D eigenvalue weighted by molar-refractivity contribution is 7.99. The molecule has 0 saturated heterocycles. The van der Waals surface area contributed by atoms with Crippen LogP contribution in [0.15, 0.2) is 52.1 Å². The van der Waals surface area contributed by atoms with Crippen LogP contribution in [-0.2, 0) is 9.59 Å². The molecule has 0 saturated carbocycles. The molecule has 28 heavy (non-hydrogen) atoms. The van der Waals surface area contributed by atoms with Crippen LogP contribution < -0.4 is 10.6 Å². The number of amides is 2. The van der Waals surface area contributed by atoms with Crippen LogP contribution in [0.4, 0.5) is 11.4 Å². The zero-order chi connectivity index (χ0) is 20.1. The molecule has 3 aromatic rings. The summed E-state index contributed by atoms with van der Waals surface area (Å²) in [5, 5.41) is 13.8. The molecule has 0 aliphatic carbocycles. The van der Waals surface area contributed by atoms with Crippen molar-refractivity contribution in [1.29, 1.82) is 0 Å². The van der Waals surface area contributed by atoms with Crippen LogP contribution in [0.2, 0.25) is 0 Å². The van der Waals surface area contributed by atoms with Crippen molar-refractivity contribution in [3.05, 3.63) is 53.6 Å². The van der Waals surface area contributed by atoms with E-state index in [0.717, 1.165) is 22.9 Å². The van der Waals surface area contributed by atoms with Crippen molar-refractivity contribution in [2.24, 2.45) is 0 Å². The second kappa shape index (κ2) is 8.71. The van der Waals surface area contributed by atoms with Gasteiger partial charge in [-0.15, -0.1) is 10.2 Å². The first-order valence-corrected chi connectivity index (χ1v) is 9.61. The topological polar surface area (TPSA) is 97.1 Å². The Morgan fingerprint density at radius 3 is 2.46 bits per heavy atom. The number of benzene rings is 2. The van der Waals surface area contributed by atoms with Crippen molar-refractivity contribution in [2.75, 3.05) is 16.4 Å². The van der Waals surface area contributed by atoms with Gasteiger partial charge in [0.05, 0.1) is 5.75 Å². The number of aromatic nitrogens is 2. The van der Waals surface area contributed by atoms with Gasteiger partial charge in [0, 0.05) is 23.9 Å². The highest BCUT2D eigenvalue weighted by Gasteiger charge is 2.12. The molecule has 0 atom stereocenters. The normalized spacial score (nSPS) is 10.5. The van der Waals surface area contributed by atoms with Crippen LogP contribution in [0.1, 0.15) is 18.1 Å². The first kappa shape index (κ1) is 19.6. The van der Waals surface area contributed by atoms with Crippen LogP contribution in [0.5, 0.6) is 0 Å². The molecule has 0 aliphatic heterocycles. The van der Waals surface area contributed by atoms with Gasteiger partial charge in [0.1, 0.15) is 0 Å². The Morgan fingerprint density at radius 2 is 1.75 bits per heavy atom. The fourth-order valence-electron chi connectivity index (χ4n) is 2.46. The maximum atomic E-state index is 12.2. The summed E-state index contributed by atoms with van der Waals surface area (Å²) in [6.45, 7) is 5.49. The maximum Gasteiger partial charge on any atom is 0.277 e. The predicted molar refractivity (Wildman–Crippen MR) is 109 cm³/mol. The number of anilines is 2. The summed E-state index contributed by atoms with van der Waals surface area (Å²) in [7, 11) is 0. The lowest BCUT2D eigenvalue weighted by Crippen LogP contribution is -2.14. The van der Waals surface area contributed by atoms with E-state index in [2.05, 4.69) is 20.8 Å². The summed E-state index contributed by atoms with van der Waals surface area (Å²) in [5.41, 5.74) is 4.40. The summed E-state index contributed by atoms with van der Waals surface area (Å²) < 4.78 is 5.64. The van der Waals surface area contributed by atoms with Gasteiger partial charge in [0.25, 0.3) is 5.22 Å². The van der Waals surface area contributed by atoms with Gasteiger partial charge >= 0.3 is 0 Å². The molecule has 0 bridgehead atoms. The van der Waals surface area contributed by atoms with Gasteiger partial charge < -0.3 is 15.1 Å². The summed E-state index contributed by atoms with van der Waals surface area (Å²) in [5.74, 6) is 0.166. The van der Waals surface area contributed by atoms with E-state index >= 15 is 0 Å². The zero-order valence-electron chi connectivity index (χ0n) is 15.8. The average Bonchev–Trinajstić information content (AvgIpc) is 3.11. The average molecular weight is 396 g/mol. The van der Waals surface area contributed by atoms with E-state index in [1.807, 2.05) is 32.0 Å². The van der Waals surface area contributed by atoms with E-state index in [-0.39, 0.29) is 17.6 Å². The van der Waals surface area contributed by atoms with Crippen molar-refractivity contribution in [1.82, 2.24) is 10.2 Å². The van der Waals surface area contributed by atoms with E-state index in [1.54, 1.807) is 24.3 Å². The summed E-state index contributed by atoms with van der Waals surface area (Å²) >= 11 is 1.16. The number of carbonyl (C=O) groups excluding carboxylic acids is 2. The molecule has 7 nitrogen and oxygen atoms in total. The Bertz CT molecular complexity index is 1020. The largest absolute Gasteiger partial charge is 0.411 e. The molecule has 0 aliphatic rings. The number of aryl methyl sites for hydroxylation is 2. The Labute approximate surface area is 166 Å². The minimum absolute atomic E-state index is 0.124. The lowest BCUT2D eigenvalue weighted by molar-refractivity contribution is -0.114. The van der Waals surface area contributed by atoms with Gasteiger partial charge in [-0.25, -0.2) is 0 Å². The Morgan fingerprint density at radius 1 is 1.00 bits per heavy atom. The lowest BCUT2D eigenvalue weighted by Gasteiger charge is -2.07. The van der Waals surface area contributed by atoms with Crippen molar-refractivity contribution in [3.63, 3.8) is 0 Å². The second-order valence-corrected chi connectivity index (χ2v) is 7.20. The van der Waals surface area contributed by atoms with E-state index in [9.17, 15) is 9.59 Å². The molecule has 0 fully saturated rings. The van der Waals surface area contributed by atoms with Gasteiger partial charge in [0.15, 0.2) is 0 Å². The van der Waals surface area contributed by atoms with E-state index in [1.165, 1.54) is 12.5 Å². The summed E-state index contributed by atoms with van der Waals surface area (Å²) in [6, 6.07) is 12.9. The summed E-state index contributed by atoms with van der Waals surface area (Å²) in [6.07, 6.45) is 0. The quantitative estimate of drug-likeness (QED) is 0.610. The van der Waals surface area contributed by atoms with Gasteiger partial charge in [-0.1, -0.05) is 23.9 Å². The van der Waals surface area contributed by atoms with Gasteiger partial charge in [-0.2, -0.15) is 0 Å². The molecule has 1 aromatic heterocycles. The first-order chi connectivity index (χ1) is 13.4. The number of rotatable bonds is 6. The standard InChI is InChI=1S/C20H20N4O3S/c1-12-7-8-15(9-13(12)2)19-23-24-20(27-19)28-11-18(26)22-17-6-4-5-16(10-17)21-14(3)25/h4-10H,11H2,1-3H3,(H,21,25)(H,22,26). The molecule has 1 heterocycles. The molecule has 8 heteroatoms. The van der Waals surface area contributed by atoms with Crippen molar-refractivity contribution in [3.8, 4) is 11.5 Å². The molecule has 2 N–H and O–H groups in total. The molecule has 0 unspecified atom stereocenters. The first-order valence-electron chi connectivity index (χ1n) is 8.62. The minimum atomic E-state index is -0.212. The predicted octanol–water partition coefficient (Wildman–Crippen LogP) is 4.04. The fourth-order valence-corrected chi connectivity index (χ4v) is 3.02. The van der Waals surface area contributed by atoms with Crippen LogP contribution >= 0.6 is 11.8 Å². The van der Waals surface area contributed by atoms with E-state index in [4.69, 9.17) is 4.42 Å². The van der Waals surface area contributed by atoms with Crippen LogP contribution in [0.3, 0.4) is 0 Å². The second-order valence-electron chi connectivity index (χ2n) is 6.27.